The number of nitrogens with zero attached hydrogens (tertiary/aromatic N) is 3. The molecule has 1 amide bonds. The van der Waals surface area contributed by atoms with E-state index in [2.05, 4.69) is 44.5 Å². The number of hydrogen-bond donors (Lipinski definition) is 2. The Balaban J connectivity index is 1.46. The zero-order chi connectivity index (χ0) is 18.1. The third kappa shape index (κ3) is 3.34. The zero-order valence-electron chi connectivity index (χ0n) is 14.4. The summed E-state index contributed by atoms with van der Waals surface area (Å²) in [5.74, 6) is -0.118. The lowest BCUT2D eigenvalue weighted by atomic mass is 10.2. The fourth-order valence-electron chi connectivity index (χ4n) is 2.67. The molecule has 0 aliphatic carbocycles. The van der Waals surface area contributed by atoms with Gasteiger partial charge in [-0.2, -0.15) is 5.10 Å². The molecule has 6 nitrogen and oxygen atoms in total. The van der Waals surface area contributed by atoms with Crippen LogP contribution in [0.4, 0.5) is 5.69 Å². The number of aromatic amines is 1. The number of carbonyl (C=O) groups excluding carboxylic acids is 1. The molecule has 0 radical (unpaired) electrons. The molecule has 0 saturated heterocycles. The molecule has 130 valence electrons. The first-order chi connectivity index (χ1) is 12.6. The minimum Gasteiger partial charge on any atom is -0.324 e. The maximum absolute atomic E-state index is 12.3. The molecule has 3 aromatic heterocycles. The molecule has 0 saturated carbocycles. The van der Waals surface area contributed by atoms with Crippen LogP contribution in [0.5, 0.6) is 0 Å². The lowest BCUT2D eigenvalue weighted by Crippen LogP contribution is -2.14. The number of amides is 1. The third-order valence-electron chi connectivity index (χ3n) is 4.08. The van der Waals surface area contributed by atoms with Crippen LogP contribution in [0.25, 0.3) is 21.6 Å². The summed E-state index contributed by atoms with van der Waals surface area (Å²) >= 11 is 1.55. The molecular formula is C19H17N5OS. The maximum atomic E-state index is 12.3. The smallest absolute Gasteiger partial charge is 0.230 e. The Labute approximate surface area is 154 Å². The first-order valence-corrected chi connectivity index (χ1v) is 9.08. The molecule has 1 aromatic carbocycles. The zero-order valence-corrected chi connectivity index (χ0v) is 15.2. The van der Waals surface area contributed by atoms with Gasteiger partial charge in [0, 0.05) is 22.0 Å². The van der Waals surface area contributed by atoms with Gasteiger partial charge in [0.15, 0.2) is 5.65 Å². The van der Waals surface area contributed by atoms with Gasteiger partial charge in [0.2, 0.25) is 5.91 Å². The summed E-state index contributed by atoms with van der Waals surface area (Å²) in [5, 5.41) is 13.6. The molecule has 0 spiro atoms. The molecule has 0 bridgehead atoms. The molecule has 0 aliphatic heterocycles. The van der Waals surface area contributed by atoms with Crippen LogP contribution in [0.1, 0.15) is 17.0 Å². The van der Waals surface area contributed by atoms with Gasteiger partial charge in [0.1, 0.15) is 5.01 Å². The van der Waals surface area contributed by atoms with Crippen molar-refractivity contribution in [2.45, 2.75) is 20.3 Å². The molecule has 0 unspecified atom stereocenters. The SMILES string of the molecule is Cc1ccc(-c2nc(CC(=O)Nc3cnc4n[nH]c(C)c4c3)cs2)cc1. The molecule has 4 rings (SSSR count). The third-order valence-corrected chi connectivity index (χ3v) is 5.02. The summed E-state index contributed by atoms with van der Waals surface area (Å²) < 4.78 is 0. The topological polar surface area (TPSA) is 83.6 Å². The van der Waals surface area contributed by atoms with Gasteiger partial charge in [0.05, 0.1) is 24.0 Å². The summed E-state index contributed by atoms with van der Waals surface area (Å²) in [7, 11) is 0. The Hall–Kier alpha value is -3.06. The first-order valence-electron chi connectivity index (χ1n) is 8.20. The lowest BCUT2D eigenvalue weighted by molar-refractivity contribution is -0.115. The van der Waals surface area contributed by atoms with Crippen LogP contribution < -0.4 is 5.32 Å². The molecular weight excluding hydrogens is 346 g/mol. The molecule has 26 heavy (non-hydrogen) atoms. The number of anilines is 1. The van der Waals surface area contributed by atoms with Gasteiger partial charge >= 0.3 is 0 Å². The largest absolute Gasteiger partial charge is 0.324 e. The van der Waals surface area contributed by atoms with Crippen molar-refractivity contribution in [2.75, 3.05) is 5.32 Å². The van der Waals surface area contributed by atoms with Crippen LogP contribution in [0.2, 0.25) is 0 Å². The van der Waals surface area contributed by atoms with E-state index in [1.165, 1.54) is 5.56 Å². The summed E-state index contributed by atoms with van der Waals surface area (Å²) in [6.45, 7) is 3.98. The standard InChI is InChI=1S/C19H17N5OS/c1-11-3-5-13(6-4-11)19-22-15(10-26-19)8-17(25)21-14-7-16-12(2)23-24-18(16)20-9-14/h3-7,9-10H,8H2,1-2H3,(H,21,25)(H,20,23,24). The highest BCUT2D eigenvalue weighted by atomic mass is 32.1. The summed E-state index contributed by atoms with van der Waals surface area (Å²) in [6.07, 6.45) is 1.84. The van der Waals surface area contributed by atoms with Crippen molar-refractivity contribution in [1.82, 2.24) is 20.2 Å². The van der Waals surface area contributed by atoms with Gasteiger partial charge in [-0.15, -0.1) is 11.3 Å². The number of aryl methyl sites for hydroxylation is 2. The molecule has 4 aromatic rings. The number of aromatic nitrogens is 4. The van der Waals surface area contributed by atoms with Crippen LogP contribution in [0.15, 0.2) is 41.9 Å². The number of rotatable bonds is 4. The van der Waals surface area contributed by atoms with E-state index in [1.54, 1.807) is 17.5 Å². The lowest BCUT2D eigenvalue weighted by Gasteiger charge is -2.03. The van der Waals surface area contributed by atoms with Crippen LogP contribution in [-0.4, -0.2) is 26.1 Å². The van der Waals surface area contributed by atoms with E-state index in [9.17, 15) is 4.79 Å². The Bertz CT molecular complexity index is 1080. The van der Waals surface area contributed by atoms with E-state index in [-0.39, 0.29) is 12.3 Å². The molecule has 0 atom stereocenters. The monoisotopic (exact) mass is 363 g/mol. The van der Waals surface area contributed by atoms with E-state index in [4.69, 9.17) is 0 Å². The second kappa shape index (κ2) is 6.68. The predicted octanol–water partition coefficient (Wildman–Crippen LogP) is 3.88. The molecule has 0 fully saturated rings. The van der Waals surface area contributed by atoms with E-state index >= 15 is 0 Å². The van der Waals surface area contributed by atoms with Crippen LogP contribution in [0.3, 0.4) is 0 Å². The number of pyridine rings is 1. The van der Waals surface area contributed by atoms with Gasteiger partial charge in [-0.3, -0.25) is 9.89 Å². The number of nitrogens with one attached hydrogen (secondary N) is 2. The molecule has 7 heteroatoms. The van der Waals surface area contributed by atoms with Crippen LogP contribution >= 0.6 is 11.3 Å². The Morgan fingerprint density at radius 1 is 1.23 bits per heavy atom. The van der Waals surface area contributed by atoms with E-state index in [0.29, 0.717) is 11.3 Å². The highest BCUT2D eigenvalue weighted by Gasteiger charge is 2.11. The van der Waals surface area contributed by atoms with Gasteiger partial charge in [-0.25, -0.2) is 9.97 Å². The number of fused-ring (bicyclic) bond motifs is 1. The van der Waals surface area contributed by atoms with Crippen molar-refractivity contribution < 1.29 is 4.79 Å². The molecule has 0 aliphatic rings. The predicted molar refractivity (Wildman–Crippen MR) is 103 cm³/mol. The van der Waals surface area contributed by atoms with E-state index in [1.807, 2.05) is 30.5 Å². The second-order valence-corrected chi connectivity index (χ2v) is 7.04. The van der Waals surface area contributed by atoms with Crippen molar-refractivity contribution in [2.24, 2.45) is 0 Å². The summed E-state index contributed by atoms with van der Waals surface area (Å²) in [6, 6.07) is 10.1. The Morgan fingerprint density at radius 3 is 2.85 bits per heavy atom. The second-order valence-electron chi connectivity index (χ2n) is 6.18. The van der Waals surface area contributed by atoms with Crippen molar-refractivity contribution in [3.63, 3.8) is 0 Å². The van der Waals surface area contributed by atoms with Gasteiger partial charge < -0.3 is 5.32 Å². The summed E-state index contributed by atoms with van der Waals surface area (Å²) in [5.41, 5.74) is 5.26. The van der Waals surface area contributed by atoms with E-state index in [0.717, 1.165) is 27.3 Å². The van der Waals surface area contributed by atoms with E-state index < -0.39 is 0 Å². The van der Waals surface area contributed by atoms with Gasteiger partial charge in [-0.1, -0.05) is 29.8 Å². The average Bonchev–Trinajstić information content (AvgIpc) is 3.23. The Kier molecular flexibility index (Phi) is 4.22. The number of carbonyl (C=O) groups is 1. The highest BCUT2D eigenvalue weighted by molar-refractivity contribution is 7.13. The number of hydrogen-bond acceptors (Lipinski definition) is 5. The first kappa shape index (κ1) is 16.4. The Morgan fingerprint density at radius 2 is 2.04 bits per heavy atom. The number of H-pyrrole nitrogens is 1. The maximum Gasteiger partial charge on any atom is 0.230 e. The minimum atomic E-state index is -0.118. The quantitative estimate of drug-likeness (QED) is 0.576. The van der Waals surface area contributed by atoms with Gasteiger partial charge in [0.25, 0.3) is 0 Å². The fraction of sp³-hybridized carbons (Fsp3) is 0.158. The van der Waals surface area contributed by atoms with Crippen molar-refractivity contribution in [3.8, 4) is 10.6 Å². The average molecular weight is 363 g/mol. The summed E-state index contributed by atoms with van der Waals surface area (Å²) in [4.78, 5) is 21.2. The van der Waals surface area contributed by atoms with Crippen LogP contribution in [0, 0.1) is 13.8 Å². The van der Waals surface area contributed by atoms with Crippen LogP contribution in [-0.2, 0) is 11.2 Å². The highest BCUT2D eigenvalue weighted by Crippen LogP contribution is 2.24. The van der Waals surface area contributed by atoms with Crippen molar-refractivity contribution >= 4 is 34.0 Å². The van der Waals surface area contributed by atoms with Crippen molar-refractivity contribution in [1.29, 1.82) is 0 Å². The number of thiazole rings is 1. The minimum absolute atomic E-state index is 0.118. The molecule has 3 heterocycles. The van der Waals surface area contributed by atoms with Gasteiger partial charge in [-0.05, 0) is 19.9 Å². The molecule has 2 N–H and O–H groups in total. The van der Waals surface area contributed by atoms with Crippen molar-refractivity contribution in [3.05, 3.63) is 58.9 Å². The normalized spacial score (nSPS) is 11.0. The number of benzene rings is 1. The fourth-order valence-corrected chi connectivity index (χ4v) is 3.50.